The zero-order valence-corrected chi connectivity index (χ0v) is 16.2. The van der Waals surface area contributed by atoms with Crippen LogP contribution >= 0.6 is 0 Å². The molecule has 0 aliphatic carbocycles. The Morgan fingerprint density at radius 3 is 2.46 bits per heavy atom. The number of piperidine rings is 1. The fourth-order valence-electron chi connectivity index (χ4n) is 3.46. The molecule has 1 fully saturated rings. The van der Waals surface area contributed by atoms with Crippen LogP contribution in [0, 0.1) is 6.92 Å². The van der Waals surface area contributed by atoms with E-state index in [0.717, 1.165) is 41.9 Å². The zero-order valence-electron chi connectivity index (χ0n) is 16.2. The van der Waals surface area contributed by atoms with Crippen molar-refractivity contribution in [2.75, 3.05) is 28.6 Å². The first-order valence-electron chi connectivity index (χ1n) is 9.88. The molecule has 0 bridgehead atoms. The van der Waals surface area contributed by atoms with Crippen molar-refractivity contribution in [3.63, 3.8) is 0 Å². The number of benzene rings is 1. The number of nitrogens with zero attached hydrogens (tertiary/aromatic N) is 4. The maximum Gasteiger partial charge on any atom is 0.136 e. The zero-order chi connectivity index (χ0) is 19.2. The number of aryl methyl sites for hydroxylation is 1. The molecule has 6 heteroatoms. The van der Waals surface area contributed by atoms with Gasteiger partial charge in [-0.1, -0.05) is 6.07 Å². The van der Waals surface area contributed by atoms with Crippen LogP contribution in [0.3, 0.4) is 0 Å². The maximum absolute atomic E-state index is 4.51. The molecule has 1 saturated heterocycles. The van der Waals surface area contributed by atoms with Gasteiger partial charge in [0.2, 0.25) is 0 Å². The number of nitrogens with one attached hydrogen (secondary N) is 2. The summed E-state index contributed by atoms with van der Waals surface area (Å²) in [4.78, 5) is 15.8. The number of aromatic nitrogens is 3. The molecule has 1 aliphatic rings. The molecule has 0 atom stereocenters. The molecule has 3 heterocycles. The van der Waals surface area contributed by atoms with Gasteiger partial charge in [0.1, 0.15) is 17.5 Å². The van der Waals surface area contributed by atoms with E-state index < -0.39 is 0 Å². The third-order valence-electron chi connectivity index (χ3n) is 4.88. The van der Waals surface area contributed by atoms with Crippen molar-refractivity contribution in [1.29, 1.82) is 0 Å². The average molecular weight is 374 g/mol. The molecule has 0 spiro atoms. The maximum atomic E-state index is 4.51. The second-order valence-corrected chi connectivity index (χ2v) is 7.08. The van der Waals surface area contributed by atoms with E-state index in [-0.39, 0.29) is 0 Å². The molecule has 4 rings (SSSR count). The lowest BCUT2D eigenvalue weighted by atomic mass is 10.1. The summed E-state index contributed by atoms with van der Waals surface area (Å²) in [5.74, 6) is 2.28. The highest BCUT2D eigenvalue weighted by Gasteiger charge is 2.10. The van der Waals surface area contributed by atoms with E-state index in [9.17, 15) is 0 Å². The standard InChI is InChI=1S/C22H26N6/c1-17-25-21(24-16-19-7-3-4-12-23-19)15-22(26-17)27-18-8-10-20(11-9-18)28-13-5-2-6-14-28/h3-4,7-12,15H,2,5-6,13-14,16H2,1H3,(H2,24,25,26,27). The van der Waals surface area contributed by atoms with Gasteiger partial charge >= 0.3 is 0 Å². The van der Waals surface area contributed by atoms with Gasteiger partial charge in [-0.2, -0.15) is 0 Å². The van der Waals surface area contributed by atoms with E-state index in [4.69, 9.17) is 0 Å². The molecule has 0 unspecified atom stereocenters. The van der Waals surface area contributed by atoms with E-state index in [1.165, 1.54) is 24.9 Å². The van der Waals surface area contributed by atoms with Crippen molar-refractivity contribution >= 4 is 23.0 Å². The largest absolute Gasteiger partial charge is 0.372 e. The molecule has 1 aliphatic heterocycles. The third-order valence-corrected chi connectivity index (χ3v) is 4.88. The summed E-state index contributed by atoms with van der Waals surface area (Å²) in [5.41, 5.74) is 3.29. The summed E-state index contributed by atoms with van der Waals surface area (Å²) in [5, 5.41) is 6.71. The van der Waals surface area contributed by atoms with Gasteiger partial charge in [0.05, 0.1) is 12.2 Å². The van der Waals surface area contributed by atoms with Gasteiger partial charge in [0.15, 0.2) is 0 Å². The van der Waals surface area contributed by atoms with Crippen LogP contribution in [0.4, 0.5) is 23.0 Å². The molecule has 0 radical (unpaired) electrons. The number of pyridine rings is 1. The summed E-state index contributed by atoms with van der Waals surface area (Å²) >= 11 is 0. The molecule has 2 aromatic heterocycles. The number of hydrogen-bond acceptors (Lipinski definition) is 6. The van der Waals surface area contributed by atoms with Crippen molar-refractivity contribution in [3.8, 4) is 0 Å². The fraction of sp³-hybridized carbons (Fsp3) is 0.318. The topological polar surface area (TPSA) is 66.0 Å². The Bertz CT molecular complexity index is 889. The van der Waals surface area contributed by atoms with Gasteiger partial charge < -0.3 is 15.5 Å². The van der Waals surface area contributed by atoms with Crippen LogP contribution in [-0.4, -0.2) is 28.0 Å². The van der Waals surface area contributed by atoms with E-state index in [0.29, 0.717) is 6.54 Å². The van der Waals surface area contributed by atoms with Crippen LogP contribution in [0.2, 0.25) is 0 Å². The van der Waals surface area contributed by atoms with Gasteiger partial charge in [-0.05, 0) is 62.6 Å². The van der Waals surface area contributed by atoms with Crippen molar-refractivity contribution in [2.45, 2.75) is 32.7 Å². The highest BCUT2D eigenvalue weighted by atomic mass is 15.1. The quantitative estimate of drug-likeness (QED) is 0.661. The number of hydrogen-bond donors (Lipinski definition) is 2. The number of anilines is 4. The Morgan fingerprint density at radius 2 is 1.71 bits per heavy atom. The van der Waals surface area contributed by atoms with E-state index >= 15 is 0 Å². The third kappa shape index (κ3) is 4.76. The van der Waals surface area contributed by atoms with Gasteiger partial charge in [-0.3, -0.25) is 4.98 Å². The average Bonchev–Trinajstić information content (AvgIpc) is 2.74. The normalized spacial score (nSPS) is 14.0. The first kappa shape index (κ1) is 18.2. The molecule has 28 heavy (non-hydrogen) atoms. The second kappa shape index (κ2) is 8.69. The summed E-state index contributed by atoms with van der Waals surface area (Å²) in [7, 11) is 0. The lowest BCUT2D eigenvalue weighted by Crippen LogP contribution is -2.29. The van der Waals surface area contributed by atoms with Gasteiger partial charge in [-0.25, -0.2) is 9.97 Å². The molecular formula is C22H26N6. The predicted molar refractivity (Wildman–Crippen MR) is 114 cm³/mol. The molecule has 2 N–H and O–H groups in total. The lowest BCUT2D eigenvalue weighted by Gasteiger charge is -2.28. The van der Waals surface area contributed by atoms with Crippen molar-refractivity contribution in [3.05, 3.63) is 66.2 Å². The molecule has 0 amide bonds. The Morgan fingerprint density at radius 1 is 0.929 bits per heavy atom. The number of rotatable bonds is 6. The minimum absolute atomic E-state index is 0.626. The summed E-state index contributed by atoms with van der Waals surface area (Å²) in [6.45, 7) is 4.84. The Balaban J connectivity index is 1.41. The second-order valence-electron chi connectivity index (χ2n) is 7.08. The monoisotopic (exact) mass is 374 g/mol. The van der Waals surface area contributed by atoms with Crippen LogP contribution in [0.25, 0.3) is 0 Å². The van der Waals surface area contributed by atoms with Gasteiger partial charge in [-0.15, -0.1) is 0 Å². The first-order valence-corrected chi connectivity index (χ1v) is 9.88. The fourth-order valence-corrected chi connectivity index (χ4v) is 3.46. The molecule has 0 saturated carbocycles. The molecular weight excluding hydrogens is 348 g/mol. The van der Waals surface area contributed by atoms with Gasteiger partial charge in [0.25, 0.3) is 0 Å². The van der Waals surface area contributed by atoms with Crippen LogP contribution in [0.15, 0.2) is 54.7 Å². The lowest BCUT2D eigenvalue weighted by molar-refractivity contribution is 0.578. The Kier molecular flexibility index (Phi) is 5.66. The molecule has 6 nitrogen and oxygen atoms in total. The van der Waals surface area contributed by atoms with Crippen molar-refractivity contribution in [1.82, 2.24) is 15.0 Å². The van der Waals surface area contributed by atoms with Crippen molar-refractivity contribution in [2.24, 2.45) is 0 Å². The Labute approximate surface area is 166 Å². The van der Waals surface area contributed by atoms with Crippen LogP contribution in [0.5, 0.6) is 0 Å². The SMILES string of the molecule is Cc1nc(NCc2ccccn2)cc(Nc2ccc(N3CCCCC3)cc2)n1. The predicted octanol–water partition coefficient (Wildman–Crippen LogP) is 4.53. The minimum atomic E-state index is 0.626. The van der Waals surface area contributed by atoms with Crippen LogP contribution < -0.4 is 15.5 Å². The van der Waals surface area contributed by atoms with E-state index in [2.05, 4.69) is 54.8 Å². The highest BCUT2D eigenvalue weighted by molar-refractivity contribution is 5.62. The molecule has 3 aromatic rings. The van der Waals surface area contributed by atoms with Gasteiger partial charge in [0, 0.05) is 36.7 Å². The molecule has 144 valence electrons. The van der Waals surface area contributed by atoms with Crippen LogP contribution in [0.1, 0.15) is 30.8 Å². The van der Waals surface area contributed by atoms with Crippen molar-refractivity contribution < 1.29 is 0 Å². The first-order chi connectivity index (χ1) is 13.8. The summed E-state index contributed by atoms with van der Waals surface area (Å²) in [6, 6.07) is 16.4. The summed E-state index contributed by atoms with van der Waals surface area (Å²) < 4.78 is 0. The van der Waals surface area contributed by atoms with Crippen LogP contribution in [-0.2, 0) is 6.54 Å². The molecule has 1 aromatic carbocycles. The highest BCUT2D eigenvalue weighted by Crippen LogP contribution is 2.24. The Hall–Kier alpha value is -3.15. The smallest absolute Gasteiger partial charge is 0.136 e. The summed E-state index contributed by atoms with van der Waals surface area (Å²) in [6.07, 6.45) is 5.71. The minimum Gasteiger partial charge on any atom is -0.372 e. The van der Waals surface area contributed by atoms with E-state index in [1.807, 2.05) is 31.2 Å². The van der Waals surface area contributed by atoms with E-state index in [1.54, 1.807) is 6.20 Å².